The summed E-state index contributed by atoms with van der Waals surface area (Å²) in [5.41, 5.74) is 0. The van der Waals surface area contributed by atoms with Gasteiger partial charge in [-0.3, -0.25) is 4.79 Å². The van der Waals surface area contributed by atoms with E-state index in [1.165, 1.54) is 0 Å². The number of carboxylic acid groups (broad SMARTS) is 1. The summed E-state index contributed by atoms with van der Waals surface area (Å²) in [4.78, 5) is 18.7. The zero-order chi connectivity index (χ0) is 10.7. The molecule has 1 aromatic heterocycles. The Morgan fingerprint density at radius 1 is 1.40 bits per heavy atom. The first-order chi connectivity index (χ1) is 7.25. The predicted octanol–water partition coefficient (Wildman–Crippen LogP) is 0.918. The molecule has 0 bridgehead atoms. The van der Waals surface area contributed by atoms with Crippen LogP contribution < -0.4 is 5.32 Å². The van der Waals surface area contributed by atoms with Gasteiger partial charge in [-0.25, -0.2) is 9.97 Å². The Bertz CT molecular complexity index is 378. The van der Waals surface area contributed by atoms with E-state index in [1.54, 1.807) is 24.5 Å². The minimum Gasteiger partial charge on any atom is -0.481 e. The van der Waals surface area contributed by atoms with E-state index in [1.807, 2.05) is 6.08 Å². The minimum absolute atomic E-state index is 0.00787. The number of aromatic nitrogens is 2. The molecule has 0 radical (unpaired) electrons. The number of hydrogen-bond donors (Lipinski definition) is 2. The average molecular weight is 205 g/mol. The van der Waals surface area contributed by atoms with Crippen LogP contribution in [0.1, 0.15) is 6.42 Å². The Balaban J connectivity index is 1.94. The number of nitrogens with zero attached hydrogens (tertiary/aromatic N) is 2. The number of carbonyl (C=O) groups is 1. The van der Waals surface area contributed by atoms with Crippen LogP contribution in [0.5, 0.6) is 0 Å². The van der Waals surface area contributed by atoms with E-state index in [9.17, 15) is 4.79 Å². The van der Waals surface area contributed by atoms with E-state index in [0.717, 1.165) is 0 Å². The van der Waals surface area contributed by atoms with Crippen LogP contribution >= 0.6 is 0 Å². The molecule has 2 rings (SSSR count). The molecular weight excluding hydrogens is 194 g/mol. The molecule has 0 fully saturated rings. The van der Waals surface area contributed by atoms with Crippen LogP contribution in [0.4, 0.5) is 5.95 Å². The van der Waals surface area contributed by atoms with Crippen LogP contribution in [0.2, 0.25) is 0 Å². The molecule has 2 atom stereocenters. The summed E-state index contributed by atoms with van der Waals surface area (Å²) in [5, 5.41) is 11.8. The van der Waals surface area contributed by atoms with Gasteiger partial charge in [0.05, 0.1) is 5.92 Å². The van der Waals surface area contributed by atoms with Gasteiger partial charge in [0, 0.05) is 18.4 Å². The molecule has 1 aliphatic rings. The van der Waals surface area contributed by atoms with Crippen LogP contribution in [0.25, 0.3) is 0 Å². The third kappa shape index (κ3) is 2.31. The Hall–Kier alpha value is -1.91. The number of nitrogens with one attached hydrogen (secondary N) is 1. The molecule has 1 heterocycles. The van der Waals surface area contributed by atoms with Crippen molar-refractivity contribution in [3.8, 4) is 0 Å². The highest BCUT2D eigenvalue weighted by Gasteiger charge is 2.24. The number of aliphatic carboxylic acids is 1. The van der Waals surface area contributed by atoms with Gasteiger partial charge in [-0.15, -0.1) is 0 Å². The van der Waals surface area contributed by atoms with E-state index in [-0.39, 0.29) is 6.04 Å². The van der Waals surface area contributed by atoms with Crippen molar-refractivity contribution in [3.63, 3.8) is 0 Å². The largest absolute Gasteiger partial charge is 0.481 e. The Kier molecular flexibility index (Phi) is 2.62. The first-order valence-electron chi connectivity index (χ1n) is 4.70. The Labute approximate surface area is 86.9 Å². The molecule has 0 spiro atoms. The van der Waals surface area contributed by atoms with E-state index in [2.05, 4.69) is 15.3 Å². The van der Waals surface area contributed by atoms with Gasteiger partial charge in [0.15, 0.2) is 0 Å². The SMILES string of the molecule is O=C(O)C1C=CC(Nc2ncccn2)C1. The van der Waals surface area contributed by atoms with Crippen LogP contribution in [0.3, 0.4) is 0 Å². The molecule has 15 heavy (non-hydrogen) atoms. The molecule has 0 aliphatic heterocycles. The van der Waals surface area contributed by atoms with Crippen LogP contribution in [-0.2, 0) is 4.79 Å². The number of hydrogen-bond acceptors (Lipinski definition) is 4. The van der Waals surface area contributed by atoms with Gasteiger partial charge < -0.3 is 10.4 Å². The third-order valence-corrected chi connectivity index (χ3v) is 2.28. The van der Waals surface area contributed by atoms with E-state index >= 15 is 0 Å². The number of rotatable bonds is 3. The third-order valence-electron chi connectivity index (χ3n) is 2.28. The zero-order valence-corrected chi connectivity index (χ0v) is 8.00. The quantitative estimate of drug-likeness (QED) is 0.717. The molecule has 5 nitrogen and oxygen atoms in total. The lowest BCUT2D eigenvalue weighted by Gasteiger charge is -2.11. The molecule has 1 aliphatic carbocycles. The first kappa shape index (κ1) is 9.64. The highest BCUT2D eigenvalue weighted by molar-refractivity contribution is 5.73. The summed E-state index contributed by atoms with van der Waals surface area (Å²) in [6.45, 7) is 0. The summed E-state index contributed by atoms with van der Waals surface area (Å²) in [6, 6.07) is 1.74. The fourth-order valence-electron chi connectivity index (χ4n) is 1.53. The van der Waals surface area contributed by atoms with Crippen molar-refractivity contribution in [1.82, 2.24) is 9.97 Å². The van der Waals surface area contributed by atoms with Crippen LogP contribution in [0, 0.1) is 5.92 Å². The molecular formula is C10H11N3O2. The molecule has 1 aromatic rings. The fraction of sp³-hybridized carbons (Fsp3) is 0.300. The molecule has 0 amide bonds. The van der Waals surface area contributed by atoms with Crippen molar-refractivity contribution in [2.75, 3.05) is 5.32 Å². The monoisotopic (exact) mass is 205 g/mol. The maximum absolute atomic E-state index is 10.7. The maximum atomic E-state index is 10.7. The smallest absolute Gasteiger partial charge is 0.310 e. The van der Waals surface area contributed by atoms with E-state index in [4.69, 9.17) is 5.11 Å². The summed E-state index contributed by atoms with van der Waals surface area (Å²) in [5.74, 6) is -0.658. The molecule has 78 valence electrons. The van der Waals surface area contributed by atoms with Crippen molar-refractivity contribution in [2.45, 2.75) is 12.5 Å². The van der Waals surface area contributed by atoms with Crippen molar-refractivity contribution in [2.24, 2.45) is 5.92 Å². The van der Waals surface area contributed by atoms with Crippen molar-refractivity contribution < 1.29 is 9.90 Å². The van der Waals surface area contributed by atoms with Gasteiger partial charge in [0.2, 0.25) is 5.95 Å². The molecule has 0 saturated heterocycles. The summed E-state index contributed by atoms with van der Waals surface area (Å²) in [7, 11) is 0. The van der Waals surface area contributed by atoms with Crippen molar-refractivity contribution in [1.29, 1.82) is 0 Å². The van der Waals surface area contributed by atoms with Crippen molar-refractivity contribution >= 4 is 11.9 Å². The van der Waals surface area contributed by atoms with Crippen LogP contribution in [-0.4, -0.2) is 27.1 Å². The Morgan fingerprint density at radius 2 is 2.13 bits per heavy atom. The fourth-order valence-corrected chi connectivity index (χ4v) is 1.53. The zero-order valence-electron chi connectivity index (χ0n) is 8.00. The molecule has 0 aromatic carbocycles. The normalized spacial score (nSPS) is 24.0. The van der Waals surface area contributed by atoms with Gasteiger partial charge in [-0.05, 0) is 12.5 Å². The van der Waals surface area contributed by atoms with E-state index in [0.29, 0.717) is 12.4 Å². The molecule has 5 heteroatoms. The maximum Gasteiger partial charge on any atom is 0.310 e. The van der Waals surface area contributed by atoms with Gasteiger partial charge >= 0.3 is 5.97 Å². The summed E-state index contributed by atoms with van der Waals surface area (Å²) < 4.78 is 0. The number of anilines is 1. The first-order valence-corrected chi connectivity index (χ1v) is 4.70. The lowest BCUT2D eigenvalue weighted by Crippen LogP contribution is -2.19. The minimum atomic E-state index is -0.787. The van der Waals surface area contributed by atoms with Gasteiger partial charge in [0.1, 0.15) is 0 Å². The predicted molar refractivity (Wildman–Crippen MR) is 54.3 cm³/mol. The second-order valence-electron chi connectivity index (χ2n) is 3.39. The second kappa shape index (κ2) is 4.08. The van der Waals surface area contributed by atoms with Crippen LogP contribution in [0.15, 0.2) is 30.6 Å². The highest BCUT2D eigenvalue weighted by atomic mass is 16.4. The van der Waals surface area contributed by atoms with Gasteiger partial charge in [-0.2, -0.15) is 0 Å². The second-order valence-corrected chi connectivity index (χ2v) is 3.39. The topological polar surface area (TPSA) is 75.1 Å². The van der Waals surface area contributed by atoms with Gasteiger partial charge in [0.25, 0.3) is 0 Å². The lowest BCUT2D eigenvalue weighted by molar-refractivity contribution is -0.140. The Morgan fingerprint density at radius 3 is 2.73 bits per heavy atom. The summed E-state index contributed by atoms with van der Waals surface area (Å²) in [6.07, 6.45) is 7.37. The lowest BCUT2D eigenvalue weighted by atomic mass is 10.1. The number of carboxylic acids is 1. The van der Waals surface area contributed by atoms with E-state index < -0.39 is 11.9 Å². The highest BCUT2D eigenvalue weighted by Crippen LogP contribution is 2.20. The van der Waals surface area contributed by atoms with Gasteiger partial charge in [-0.1, -0.05) is 12.2 Å². The summed E-state index contributed by atoms with van der Waals surface area (Å²) >= 11 is 0. The standard InChI is InChI=1S/C10H11N3O2/c14-9(15)7-2-3-8(6-7)13-10-11-4-1-5-12-10/h1-5,7-8H,6H2,(H,14,15)(H,11,12,13). The molecule has 0 saturated carbocycles. The molecule has 2 unspecified atom stereocenters. The molecule has 2 N–H and O–H groups in total. The average Bonchev–Trinajstić information content (AvgIpc) is 2.68. The van der Waals surface area contributed by atoms with Crippen molar-refractivity contribution in [3.05, 3.63) is 30.6 Å².